The summed E-state index contributed by atoms with van der Waals surface area (Å²) in [7, 11) is -4.07. The summed E-state index contributed by atoms with van der Waals surface area (Å²) in [5, 5.41) is 2.44. The molecule has 0 aliphatic heterocycles. The second kappa shape index (κ2) is 7.04. The Morgan fingerprint density at radius 1 is 1.60 bits per heavy atom. The predicted molar refractivity (Wildman–Crippen MR) is 60.4 cm³/mol. The maximum absolute atomic E-state index is 11.0. The van der Waals surface area contributed by atoms with Gasteiger partial charge in [-0.05, 0) is 18.4 Å². The van der Waals surface area contributed by atoms with Gasteiger partial charge in [0.05, 0.1) is 12.3 Å². The molecule has 4 N–H and O–H groups in total. The van der Waals surface area contributed by atoms with Gasteiger partial charge >= 0.3 is 0 Å². The minimum Gasteiger partial charge on any atom is -0.351 e. The Hall–Kier alpha value is -0.310. The molecule has 8 heteroatoms. The maximum atomic E-state index is 11.0. The van der Waals surface area contributed by atoms with Crippen molar-refractivity contribution >= 4 is 27.8 Å². The molecular weight excluding hydrogens is 240 g/mol. The molecule has 0 aliphatic carbocycles. The number of carbonyl (C=O) groups excluding carboxylic acids is 1. The average Bonchev–Trinajstić information content (AvgIpc) is 2.11. The van der Waals surface area contributed by atoms with Crippen molar-refractivity contribution in [2.24, 2.45) is 5.73 Å². The van der Waals surface area contributed by atoms with Crippen molar-refractivity contribution < 1.29 is 17.8 Å². The van der Waals surface area contributed by atoms with Gasteiger partial charge in [-0.3, -0.25) is 9.35 Å². The molecule has 0 rings (SSSR count). The molecule has 15 heavy (non-hydrogen) atoms. The molecule has 0 heterocycles. The third-order valence-corrected chi connectivity index (χ3v) is 3.10. The Balaban J connectivity index is 4.24. The topological polar surface area (TPSA) is 109 Å². The van der Waals surface area contributed by atoms with E-state index in [4.69, 9.17) is 10.3 Å². The number of rotatable bonds is 7. The van der Waals surface area contributed by atoms with Crippen LogP contribution in [0.15, 0.2) is 0 Å². The van der Waals surface area contributed by atoms with Crippen molar-refractivity contribution in [3.05, 3.63) is 0 Å². The molecule has 0 aromatic carbocycles. The second-order valence-corrected chi connectivity index (χ2v) is 5.48. The fourth-order valence-electron chi connectivity index (χ4n) is 0.998. The van der Waals surface area contributed by atoms with Crippen molar-refractivity contribution in [1.29, 1.82) is 0 Å². The Bertz CT molecular complexity index is 291. The van der Waals surface area contributed by atoms with Crippen molar-refractivity contribution in [3.63, 3.8) is 0 Å². The monoisotopic (exact) mass is 256 g/mol. The highest BCUT2D eigenvalue weighted by Gasteiger charge is 2.17. The largest absolute Gasteiger partial charge is 0.351 e. The second-order valence-electron chi connectivity index (χ2n) is 3.00. The zero-order valence-electron chi connectivity index (χ0n) is 8.47. The Morgan fingerprint density at radius 3 is 2.60 bits per heavy atom. The zero-order valence-corrected chi connectivity index (χ0v) is 10.1. The first-order chi connectivity index (χ1) is 6.89. The summed E-state index contributed by atoms with van der Waals surface area (Å²) < 4.78 is 29.9. The molecule has 0 fully saturated rings. The molecule has 0 bridgehead atoms. The highest BCUT2D eigenvalue weighted by atomic mass is 32.2. The van der Waals surface area contributed by atoms with Crippen molar-refractivity contribution in [3.8, 4) is 0 Å². The van der Waals surface area contributed by atoms with Crippen LogP contribution in [-0.4, -0.2) is 49.2 Å². The van der Waals surface area contributed by atoms with Crippen LogP contribution in [0.1, 0.15) is 6.42 Å². The molecule has 1 amide bonds. The summed E-state index contributed by atoms with van der Waals surface area (Å²) in [6, 6.07) is -0.580. The fourth-order valence-corrected chi connectivity index (χ4v) is 2.28. The predicted octanol–water partition coefficient (Wildman–Crippen LogP) is -0.929. The first kappa shape index (κ1) is 14.7. The third-order valence-electron chi connectivity index (χ3n) is 1.63. The average molecular weight is 256 g/mol. The summed E-state index contributed by atoms with van der Waals surface area (Å²) >= 11 is 1.53. The first-order valence-electron chi connectivity index (χ1n) is 4.32. The number of amides is 1. The molecule has 0 saturated carbocycles. The number of thioether (sulfide) groups is 1. The number of nitrogens with two attached hydrogens (primary N) is 1. The summed E-state index contributed by atoms with van der Waals surface area (Å²) in [6.45, 7) is -0.193. The number of hydrogen-bond donors (Lipinski definition) is 3. The summed E-state index contributed by atoms with van der Waals surface area (Å²) in [5.74, 6) is -0.200. The molecule has 90 valence electrons. The van der Waals surface area contributed by atoms with E-state index in [-0.39, 0.29) is 6.54 Å². The minimum atomic E-state index is -4.07. The molecule has 0 saturated heterocycles. The lowest BCUT2D eigenvalue weighted by molar-refractivity contribution is -0.120. The van der Waals surface area contributed by atoms with Crippen molar-refractivity contribution in [2.75, 3.05) is 24.3 Å². The molecule has 0 spiro atoms. The van der Waals surface area contributed by atoms with Crippen LogP contribution in [0, 0.1) is 0 Å². The fraction of sp³-hybridized carbons (Fsp3) is 0.857. The summed E-state index contributed by atoms with van der Waals surface area (Å²) in [4.78, 5) is 11.0. The van der Waals surface area contributed by atoms with Gasteiger partial charge < -0.3 is 11.1 Å². The maximum Gasteiger partial charge on any atom is 0.266 e. The summed E-state index contributed by atoms with van der Waals surface area (Å²) in [6.07, 6.45) is 2.35. The van der Waals surface area contributed by atoms with E-state index >= 15 is 0 Å². The highest BCUT2D eigenvalue weighted by Crippen LogP contribution is 2.03. The molecule has 0 aromatic rings. The lowest BCUT2D eigenvalue weighted by Gasteiger charge is -2.16. The van der Waals surface area contributed by atoms with Crippen LogP contribution in [0.3, 0.4) is 0 Å². The summed E-state index contributed by atoms with van der Waals surface area (Å²) in [5.41, 5.74) is 5.08. The van der Waals surface area contributed by atoms with Gasteiger partial charge in [0, 0.05) is 6.04 Å². The van der Waals surface area contributed by atoms with E-state index in [9.17, 15) is 13.2 Å². The SMILES string of the molecule is CSCC[C@@H](CS(=O)(=O)O)NC(=O)CN. The standard InChI is InChI=1S/C7H16N2O4S2/c1-14-3-2-6(5-15(11,12)13)9-7(10)4-8/h6H,2-5,8H2,1H3,(H,9,10)(H,11,12,13)/t6-/m0/s1. The van der Waals surface area contributed by atoms with Gasteiger partial charge in [0.2, 0.25) is 5.91 Å². The van der Waals surface area contributed by atoms with E-state index in [1.165, 1.54) is 11.8 Å². The molecular formula is C7H16N2O4S2. The highest BCUT2D eigenvalue weighted by molar-refractivity contribution is 7.98. The minimum absolute atomic E-state index is 0.193. The van der Waals surface area contributed by atoms with E-state index in [1.54, 1.807) is 0 Å². The molecule has 0 radical (unpaired) electrons. The number of nitrogens with one attached hydrogen (secondary N) is 1. The van der Waals surface area contributed by atoms with Crippen LogP contribution in [0.5, 0.6) is 0 Å². The molecule has 0 unspecified atom stereocenters. The third kappa shape index (κ3) is 8.67. The van der Waals surface area contributed by atoms with Crippen molar-refractivity contribution in [2.45, 2.75) is 12.5 Å². The van der Waals surface area contributed by atoms with Gasteiger partial charge in [-0.25, -0.2) is 0 Å². The van der Waals surface area contributed by atoms with Crippen LogP contribution in [0.2, 0.25) is 0 Å². The van der Waals surface area contributed by atoms with E-state index in [0.717, 1.165) is 0 Å². The van der Waals surface area contributed by atoms with Crippen LogP contribution in [0.4, 0.5) is 0 Å². The molecule has 1 atom stereocenters. The van der Waals surface area contributed by atoms with E-state index in [2.05, 4.69) is 5.32 Å². The smallest absolute Gasteiger partial charge is 0.266 e. The van der Waals surface area contributed by atoms with Gasteiger partial charge in [-0.1, -0.05) is 0 Å². The van der Waals surface area contributed by atoms with Crippen LogP contribution in [0.25, 0.3) is 0 Å². The Labute approximate surface area is 93.7 Å². The van der Waals surface area contributed by atoms with Gasteiger partial charge in [0.1, 0.15) is 0 Å². The van der Waals surface area contributed by atoms with Crippen LogP contribution in [-0.2, 0) is 14.9 Å². The van der Waals surface area contributed by atoms with E-state index < -0.39 is 27.8 Å². The quantitative estimate of drug-likeness (QED) is 0.508. The molecule has 0 aromatic heterocycles. The number of carbonyl (C=O) groups is 1. The first-order valence-corrected chi connectivity index (χ1v) is 7.33. The van der Waals surface area contributed by atoms with Crippen molar-refractivity contribution in [1.82, 2.24) is 5.32 Å². The van der Waals surface area contributed by atoms with Gasteiger partial charge in [0.25, 0.3) is 10.1 Å². The normalized spacial score (nSPS) is 13.5. The van der Waals surface area contributed by atoms with Gasteiger partial charge in [-0.15, -0.1) is 0 Å². The molecule has 6 nitrogen and oxygen atoms in total. The lowest BCUT2D eigenvalue weighted by Crippen LogP contribution is -2.42. The van der Waals surface area contributed by atoms with Gasteiger partial charge in [-0.2, -0.15) is 20.2 Å². The van der Waals surface area contributed by atoms with Gasteiger partial charge in [0.15, 0.2) is 0 Å². The Kier molecular flexibility index (Phi) is 6.90. The van der Waals surface area contributed by atoms with E-state index in [1.807, 2.05) is 6.26 Å². The number of hydrogen-bond acceptors (Lipinski definition) is 5. The lowest BCUT2D eigenvalue weighted by atomic mass is 10.2. The zero-order chi connectivity index (χ0) is 11.9. The van der Waals surface area contributed by atoms with Crippen LogP contribution < -0.4 is 11.1 Å². The molecule has 0 aliphatic rings. The van der Waals surface area contributed by atoms with E-state index in [0.29, 0.717) is 12.2 Å². The van der Waals surface area contributed by atoms with Crippen LogP contribution >= 0.6 is 11.8 Å². The Morgan fingerprint density at radius 2 is 2.20 bits per heavy atom.